The van der Waals surface area contributed by atoms with Gasteiger partial charge in [0.2, 0.25) is 0 Å². The second-order valence-electron chi connectivity index (χ2n) is 8.04. The van der Waals surface area contributed by atoms with Gasteiger partial charge in [-0.25, -0.2) is 4.79 Å². The highest BCUT2D eigenvalue weighted by Gasteiger charge is 2.55. The largest absolute Gasteiger partial charge is 0.478 e. The molecule has 2 aliphatic carbocycles. The number of carbonyl (C=O) groups is 1. The molecule has 0 amide bonds. The molecular weight excluding hydrogens is 288 g/mol. The van der Waals surface area contributed by atoms with Gasteiger partial charge in [0.1, 0.15) is 0 Å². The average Bonchev–Trinajstić information content (AvgIpc) is 2.88. The molecule has 0 radical (unpaired) electrons. The molecule has 5 atom stereocenters. The minimum absolute atomic E-state index is 0.349. The third kappa shape index (κ3) is 3.00. The smallest absolute Gasteiger partial charge is 0.330 e. The first-order valence-electron chi connectivity index (χ1n) is 9.12. The van der Waals surface area contributed by atoms with E-state index in [9.17, 15) is 4.79 Å². The van der Waals surface area contributed by atoms with E-state index in [1.165, 1.54) is 31.3 Å². The zero-order valence-corrected chi connectivity index (χ0v) is 14.7. The Bertz CT molecular complexity index is 533. The first kappa shape index (κ1) is 16.8. The molecule has 1 saturated heterocycles. The molecule has 0 aromatic carbocycles. The van der Waals surface area contributed by atoms with Crippen LogP contribution in [0.1, 0.15) is 59.3 Å². The number of rotatable bonds is 5. The molecule has 0 unspecified atom stereocenters. The first-order valence-corrected chi connectivity index (χ1v) is 9.12. The van der Waals surface area contributed by atoms with Gasteiger partial charge in [0.05, 0.1) is 12.7 Å². The van der Waals surface area contributed by atoms with Crippen LogP contribution in [0.4, 0.5) is 0 Å². The lowest BCUT2D eigenvalue weighted by atomic mass is 9.59. The van der Waals surface area contributed by atoms with E-state index in [1.807, 2.05) is 6.08 Å². The molecule has 1 aliphatic heterocycles. The Morgan fingerprint density at radius 3 is 3.04 bits per heavy atom. The number of ether oxygens (including phenoxy) is 1. The van der Waals surface area contributed by atoms with Crippen LogP contribution in [0.25, 0.3) is 0 Å². The summed E-state index contributed by atoms with van der Waals surface area (Å²) in [4.78, 5) is 10.9. The van der Waals surface area contributed by atoms with Gasteiger partial charge in [0.15, 0.2) is 0 Å². The molecule has 3 rings (SSSR count). The zero-order valence-electron chi connectivity index (χ0n) is 14.7. The molecule has 128 valence electrons. The third-order valence-electron chi connectivity index (χ3n) is 6.85. The maximum Gasteiger partial charge on any atom is 0.330 e. The van der Waals surface area contributed by atoms with E-state index in [-0.39, 0.29) is 0 Å². The van der Waals surface area contributed by atoms with Crippen LogP contribution in [0.5, 0.6) is 0 Å². The van der Waals surface area contributed by atoms with E-state index in [0.29, 0.717) is 23.0 Å². The number of carboxylic acids is 1. The number of fused-ring (bicyclic) bond motifs is 1. The SMILES string of the molecule is CC1=CC[C@]23C[C@H]1OC[C@H]2CC[C@@H]3[C@H](C)CC/C=C(\C)C(=O)O. The van der Waals surface area contributed by atoms with Crippen LogP contribution in [-0.2, 0) is 9.53 Å². The van der Waals surface area contributed by atoms with Crippen LogP contribution in [-0.4, -0.2) is 23.8 Å². The van der Waals surface area contributed by atoms with Crippen molar-refractivity contribution in [3.63, 3.8) is 0 Å². The predicted molar refractivity (Wildman–Crippen MR) is 91.2 cm³/mol. The van der Waals surface area contributed by atoms with Crippen molar-refractivity contribution in [2.24, 2.45) is 23.2 Å². The van der Waals surface area contributed by atoms with Gasteiger partial charge in [0, 0.05) is 5.57 Å². The molecule has 3 aliphatic rings. The van der Waals surface area contributed by atoms with Gasteiger partial charge in [-0.05, 0) is 81.1 Å². The summed E-state index contributed by atoms with van der Waals surface area (Å²) in [6.07, 6.45) is 11.7. The third-order valence-corrected chi connectivity index (χ3v) is 6.85. The maximum atomic E-state index is 10.9. The Labute approximate surface area is 139 Å². The minimum atomic E-state index is -0.794. The van der Waals surface area contributed by atoms with Gasteiger partial charge in [-0.1, -0.05) is 19.1 Å². The molecule has 1 saturated carbocycles. The van der Waals surface area contributed by atoms with E-state index in [1.54, 1.807) is 6.92 Å². The molecule has 0 aromatic rings. The number of hydrogen-bond acceptors (Lipinski definition) is 2. The second-order valence-corrected chi connectivity index (χ2v) is 8.04. The predicted octanol–water partition coefficient (Wildman–Crippen LogP) is 4.59. The molecule has 23 heavy (non-hydrogen) atoms. The number of carboxylic acid groups (broad SMARTS) is 1. The highest BCUT2D eigenvalue weighted by Crippen LogP contribution is 2.61. The van der Waals surface area contributed by atoms with E-state index in [4.69, 9.17) is 9.84 Å². The lowest BCUT2D eigenvalue weighted by Crippen LogP contribution is -2.47. The molecule has 2 bridgehead atoms. The van der Waals surface area contributed by atoms with Crippen molar-refractivity contribution in [2.75, 3.05) is 6.61 Å². The highest BCUT2D eigenvalue weighted by atomic mass is 16.5. The first-order chi connectivity index (χ1) is 10.9. The number of aliphatic carboxylic acids is 1. The van der Waals surface area contributed by atoms with Crippen molar-refractivity contribution in [2.45, 2.75) is 65.4 Å². The average molecular weight is 318 g/mol. The van der Waals surface area contributed by atoms with Gasteiger partial charge in [-0.15, -0.1) is 0 Å². The molecule has 3 nitrogen and oxygen atoms in total. The Hall–Kier alpha value is -1.09. The maximum absolute atomic E-state index is 10.9. The summed E-state index contributed by atoms with van der Waals surface area (Å²) in [7, 11) is 0. The van der Waals surface area contributed by atoms with Gasteiger partial charge in [-0.3, -0.25) is 0 Å². The minimum Gasteiger partial charge on any atom is -0.478 e. The molecule has 0 aromatic heterocycles. The number of allylic oxidation sites excluding steroid dienone is 2. The second kappa shape index (κ2) is 6.43. The van der Waals surface area contributed by atoms with Crippen molar-refractivity contribution in [1.29, 1.82) is 0 Å². The van der Waals surface area contributed by atoms with E-state index < -0.39 is 5.97 Å². The molecule has 1 N–H and O–H groups in total. The van der Waals surface area contributed by atoms with Crippen molar-refractivity contribution in [3.8, 4) is 0 Å². The summed E-state index contributed by atoms with van der Waals surface area (Å²) in [5, 5.41) is 8.97. The van der Waals surface area contributed by atoms with Crippen molar-refractivity contribution in [3.05, 3.63) is 23.3 Å². The molecule has 1 spiro atoms. The quantitative estimate of drug-likeness (QED) is 0.596. The van der Waals surface area contributed by atoms with E-state index >= 15 is 0 Å². The Morgan fingerprint density at radius 1 is 1.52 bits per heavy atom. The van der Waals surface area contributed by atoms with E-state index in [0.717, 1.165) is 31.3 Å². The normalized spacial score (nSPS) is 38.0. The van der Waals surface area contributed by atoms with Crippen LogP contribution in [0.3, 0.4) is 0 Å². The standard InChI is InChI=1S/C20H30O3/c1-13(5-4-6-15(3)19(21)22)17-8-7-16-12-23-18-11-20(16,17)10-9-14(18)2/h6,9,13,16-18H,4-5,7-8,10-12H2,1-3H3,(H,21,22)/b15-6+/t13-,16-,17-,18-,20+/m1/s1. The van der Waals surface area contributed by atoms with Crippen LogP contribution in [0, 0.1) is 23.2 Å². The van der Waals surface area contributed by atoms with Gasteiger partial charge >= 0.3 is 5.97 Å². The van der Waals surface area contributed by atoms with Crippen molar-refractivity contribution >= 4 is 5.97 Å². The molecule has 3 heteroatoms. The lowest BCUT2D eigenvalue weighted by molar-refractivity contribution is -0.132. The topological polar surface area (TPSA) is 46.5 Å². The summed E-state index contributed by atoms with van der Waals surface area (Å²) >= 11 is 0. The summed E-state index contributed by atoms with van der Waals surface area (Å²) in [6, 6.07) is 0. The summed E-state index contributed by atoms with van der Waals surface area (Å²) in [5.74, 6) is 1.36. The summed E-state index contributed by atoms with van der Waals surface area (Å²) in [5.41, 5.74) is 2.35. The van der Waals surface area contributed by atoms with Crippen LogP contribution >= 0.6 is 0 Å². The zero-order chi connectivity index (χ0) is 16.6. The molecule has 2 fully saturated rings. The van der Waals surface area contributed by atoms with Crippen LogP contribution in [0.15, 0.2) is 23.3 Å². The van der Waals surface area contributed by atoms with Crippen LogP contribution < -0.4 is 0 Å². The fourth-order valence-corrected chi connectivity index (χ4v) is 5.34. The van der Waals surface area contributed by atoms with Crippen molar-refractivity contribution in [1.82, 2.24) is 0 Å². The van der Waals surface area contributed by atoms with Gasteiger partial charge in [-0.2, -0.15) is 0 Å². The Morgan fingerprint density at radius 2 is 2.30 bits per heavy atom. The van der Waals surface area contributed by atoms with Crippen LogP contribution in [0.2, 0.25) is 0 Å². The van der Waals surface area contributed by atoms with Crippen molar-refractivity contribution < 1.29 is 14.6 Å². The van der Waals surface area contributed by atoms with E-state index in [2.05, 4.69) is 19.9 Å². The Balaban J connectivity index is 1.68. The summed E-state index contributed by atoms with van der Waals surface area (Å²) < 4.78 is 6.09. The number of hydrogen-bond donors (Lipinski definition) is 1. The Kier molecular flexibility index (Phi) is 4.68. The fraction of sp³-hybridized carbons (Fsp3) is 0.750. The van der Waals surface area contributed by atoms with Gasteiger partial charge in [0.25, 0.3) is 0 Å². The van der Waals surface area contributed by atoms with Gasteiger partial charge < -0.3 is 9.84 Å². The monoisotopic (exact) mass is 318 g/mol. The highest BCUT2D eigenvalue weighted by molar-refractivity contribution is 5.85. The lowest BCUT2D eigenvalue weighted by Gasteiger charge is -2.50. The molecular formula is C20H30O3. The molecule has 1 heterocycles. The summed E-state index contributed by atoms with van der Waals surface area (Å²) in [6.45, 7) is 7.22. The fourth-order valence-electron chi connectivity index (χ4n) is 5.34.